The summed E-state index contributed by atoms with van der Waals surface area (Å²) in [4.78, 5) is 23.8. The van der Waals surface area contributed by atoms with E-state index in [1.165, 1.54) is 0 Å². The van der Waals surface area contributed by atoms with Gasteiger partial charge in [-0.2, -0.15) is 10.2 Å². The van der Waals surface area contributed by atoms with Gasteiger partial charge in [0.2, 0.25) is 0 Å². The zero-order valence-electron chi connectivity index (χ0n) is 8.92. The maximum absolute atomic E-state index is 12.0. The van der Waals surface area contributed by atoms with E-state index in [-0.39, 0.29) is 24.9 Å². The number of amides is 1. The van der Waals surface area contributed by atoms with Crippen LogP contribution in [0.5, 0.6) is 0 Å². The van der Waals surface area contributed by atoms with Crippen molar-refractivity contribution in [3.8, 4) is 0 Å². The van der Waals surface area contributed by atoms with Gasteiger partial charge >= 0.3 is 6.16 Å². The molecular weight excluding hydrogens is 214 g/mol. The summed E-state index contributed by atoms with van der Waals surface area (Å²) in [5.74, 6) is -0.0323. The Kier molecular flexibility index (Phi) is 2.53. The molecule has 2 rings (SSSR count). The number of carbonyl (C=O) groups excluding carboxylic acids is 1. The van der Waals surface area contributed by atoms with E-state index in [0.29, 0.717) is 13.1 Å². The summed E-state index contributed by atoms with van der Waals surface area (Å²) in [6, 6.07) is 0. The number of ether oxygens (including phenoxy) is 1. The highest BCUT2D eigenvalue weighted by molar-refractivity contribution is 5.89. The monoisotopic (exact) mass is 227 g/mol. The standard InChI is InChI=1S/C9H13N3O4/c1-12-5-6-4-10-11-9(6,7(12)13)2-3-16-8(14)15/h6H,2-5H2,1H3,(H,14,15)/t6-,9+/m1/s1. The predicted molar refractivity (Wildman–Crippen MR) is 52.2 cm³/mol. The Morgan fingerprint density at radius 2 is 2.50 bits per heavy atom. The number of rotatable bonds is 3. The van der Waals surface area contributed by atoms with Crippen LogP contribution < -0.4 is 0 Å². The van der Waals surface area contributed by atoms with Gasteiger partial charge in [0.1, 0.15) is 0 Å². The quantitative estimate of drug-likeness (QED) is 0.705. The van der Waals surface area contributed by atoms with Crippen LogP contribution in [0.2, 0.25) is 0 Å². The van der Waals surface area contributed by atoms with Crippen LogP contribution in [-0.2, 0) is 9.53 Å². The predicted octanol–water partition coefficient (Wildman–Crippen LogP) is 0.364. The van der Waals surface area contributed by atoms with Crippen LogP contribution in [0.15, 0.2) is 10.2 Å². The molecule has 7 heteroatoms. The van der Waals surface area contributed by atoms with Crippen LogP contribution in [0.3, 0.4) is 0 Å². The zero-order valence-corrected chi connectivity index (χ0v) is 8.92. The van der Waals surface area contributed by atoms with Crippen molar-refractivity contribution >= 4 is 12.1 Å². The van der Waals surface area contributed by atoms with Crippen LogP contribution in [0.4, 0.5) is 4.79 Å². The van der Waals surface area contributed by atoms with Crippen molar-refractivity contribution in [3.05, 3.63) is 0 Å². The van der Waals surface area contributed by atoms with Gasteiger partial charge in [-0.3, -0.25) is 4.79 Å². The van der Waals surface area contributed by atoms with E-state index in [9.17, 15) is 9.59 Å². The molecule has 1 amide bonds. The SMILES string of the molecule is CN1C[C@H]2CN=N[C@]2(CCOC(=O)O)C1=O. The van der Waals surface area contributed by atoms with Crippen LogP contribution in [0, 0.1) is 5.92 Å². The Labute approximate surface area is 92.1 Å². The van der Waals surface area contributed by atoms with Gasteiger partial charge in [0.05, 0.1) is 13.2 Å². The minimum atomic E-state index is -1.33. The third-order valence-electron chi connectivity index (χ3n) is 3.15. The number of carbonyl (C=O) groups is 2. The van der Waals surface area contributed by atoms with Crippen molar-refractivity contribution in [2.75, 3.05) is 26.7 Å². The van der Waals surface area contributed by atoms with E-state index >= 15 is 0 Å². The van der Waals surface area contributed by atoms with Crippen molar-refractivity contribution in [3.63, 3.8) is 0 Å². The first-order valence-corrected chi connectivity index (χ1v) is 5.06. The molecule has 2 atom stereocenters. The zero-order chi connectivity index (χ0) is 11.8. The Bertz CT molecular complexity index is 357. The second kappa shape index (κ2) is 3.73. The maximum atomic E-state index is 12.0. The van der Waals surface area contributed by atoms with Crippen molar-refractivity contribution in [2.45, 2.75) is 12.0 Å². The molecule has 1 saturated heterocycles. The lowest BCUT2D eigenvalue weighted by molar-refractivity contribution is -0.131. The third kappa shape index (κ3) is 1.52. The largest absolute Gasteiger partial charge is 0.505 e. The number of hydrogen-bond donors (Lipinski definition) is 1. The molecule has 0 unspecified atom stereocenters. The Morgan fingerprint density at radius 1 is 1.75 bits per heavy atom. The van der Waals surface area contributed by atoms with Crippen LogP contribution >= 0.6 is 0 Å². The lowest BCUT2D eigenvalue weighted by Crippen LogP contribution is -2.40. The summed E-state index contributed by atoms with van der Waals surface area (Å²) in [5, 5.41) is 16.3. The Hall–Kier alpha value is -1.66. The smallest absolute Gasteiger partial charge is 0.450 e. The van der Waals surface area contributed by atoms with Crippen molar-refractivity contribution < 1.29 is 19.4 Å². The average molecular weight is 227 g/mol. The molecule has 0 saturated carbocycles. The number of likely N-dealkylation sites (tertiary alicyclic amines) is 1. The number of nitrogens with zero attached hydrogens (tertiary/aromatic N) is 3. The van der Waals surface area contributed by atoms with Crippen LogP contribution in [0.1, 0.15) is 6.42 Å². The van der Waals surface area contributed by atoms with E-state index in [2.05, 4.69) is 15.0 Å². The van der Waals surface area contributed by atoms with E-state index in [1.807, 2.05) is 0 Å². The van der Waals surface area contributed by atoms with Crippen LogP contribution in [-0.4, -0.2) is 54.4 Å². The van der Waals surface area contributed by atoms with Crippen LogP contribution in [0.25, 0.3) is 0 Å². The molecule has 2 aliphatic heterocycles. The van der Waals surface area contributed by atoms with Gasteiger partial charge in [-0.15, -0.1) is 0 Å². The normalized spacial score (nSPS) is 31.9. The molecule has 0 aromatic rings. The third-order valence-corrected chi connectivity index (χ3v) is 3.15. The molecule has 0 bridgehead atoms. The number of carboxylic acid groups (broad SMARTS) is 1. The summed E-state index contributed by atoms with van der Waals surface area (Å²) in [7, 11) is 1.72. The van der Waals surface area contributed by atoms with E-state index in [4.69, 9.17) is 5.11 Å². The Balaban J connectivity index is 2.06. The van der Waals surface area contributed by atoms with Gasteiger partial charge in [-0.05, 0) is 0 Å². The molecule has 0 radical (unpaired) electrons. The fourth-order valence-corrected chi connectivity index (χ4v) is 2.32. The first-order valence-electron chi connectivity index (χ1n) is 5.06. The van der Waals surface area contributed by atoms with E-state index in [0.717, 1.165) is 0 Å². The molecule has 0 spiro atoms. The van der Waals surface area contributed by atoms with Gasteiger partial charge in [0.25, 0.3) is 5.91 Å². The second-order valence-corrected chi connectivity index (χ2v) is 4.10. The topological polar surface area (TPSA) is 91.6 Å². The number of hydrogen-bond acceptors (Lipinski definition) is 5. The van der Waals surface area contributed by atoms with Crippen molar-refractivity contribution in [2.24, 2.45) is 16.1 Å². The van der Waals surface area contributed by atoms with E-state index in [1.54, 1.807) is 11.9 Å². The molecule has 88 valence electrons. The minimum Gasteiger partial charge on any atom is -0.450 e. The van der Waals surface area contributed by atoms with Gasteiger partial charge in [-0.25, -0.2) is 4.79 Å². The average Bonchev–Trinajstić information content (AvgIpc) is 2.69. The summed E-state index contributed by atoms with van der Waals surface area (Å²) >= 11 is 0. The van der Waals surface area contributed by atoms with Gasteiger partial charge in [0.15, 0.2) is 5.54 Å². The van der Waals surface area contributed by atoms with Gasteiger partial charge < -0.3 is 14.7 Å². The van der Waals surface area contributed by atoms with E-state index < -0.39 is 11.7 Å². The summed E-state index contributed by atoms with van der Waals surface area (Å²) in [6.07, 6.45) is -1.06. The highest BCUT2D eigenvalue weighted by atomic mass is 16.7. The molecular formula is C9H13N3O4. The molecule has 2 heterocycles. The highest BCUT2D eigenvalue weighted by Gasteiger charge is 2.55. The molecule has 7 nitrogen and oxygen atoms in total. The van der Waals surface area contributed by atoms with Crippen molar-refractivity contribution in [1.29, 1.82) is 0 Å². The molecule has 16 heavy (non-hydrogen) atoms. The number of likely N-dealkylation sites (N-methyl/N-ethyl adjacent to an activating group) is 1. The summed E-state index contributed by atoms with van der Waals surface area (Å²) in [5.41, 5.74) is -0.871. The number of azo groups is 1. The lowest BCUT2D eigenvalue weighted by Gasteiger charge is -2.20. The first kappa shape index (κ1) is 10.8. The highest BCUT2D eigenvalue weighted by Crippen LogP contribution is 2.39. The molecule has 1 N–H and O–H groups in total. The molecule has 0 aliphatic carbocycles. The van der Waals surface area contributed by atoms with Gasteiger partial charge in [0, 0.05) is 25.9 Å². The lowest BCUT2D eigenvalue weighted by atomic mass is 9.86. The minimum absolute atomic E-state index is 0.0234. The van der Waals surface area contributed by atoms with Crippen molar-refractivity contribution in [1.82, 2.24) is 4.90 Å². The summed E-state index contributed by atoms with van der Waals surface area (Å²) in [6.45, 7) is 1.13. The second-order valence-electron chi connectivity index (χ2n) is 4.10. The summed E-state index contributed by atoms with van der Waals surface area (Å²) < 4.78 is 4.43. The Morgan fingerprint density at radius 3 is 3.19 bits per heavy atom. The molecule has 0 aromatic carbocycles. The fraction of sp³-hybridized carbons (Fsp3) is 0.778. The molecule has 1 fully saturated rings. The number of fused-ring (bicyclic) bond motifs is 1. The van der Waals surface area contributed by atoms with Gasteiger partial charge in [-0.1, -0.05) is 0 Å². The first-order chi connectivity index (χ1) is 7.56. The maximum Gasteiger partial charge on any atom is 0.505 e. The molecule has 0 aromatic heterocycles. The fourth-order valence-electron chi connectivity index (χ4n) is 2.32. The molecule has 2 aliphatic rings.